The van der Waals surface area contributed by atoms with Gasteiger partial charge in [-0.3, -0.25) is 0 Å². The van der Waals surface area contributed by atoms with Gasteiger partial charge in [-0.1, -0.05) is 56.3 Å². The molecule has 2 aliphatic rings. The molecule has 1 nitrogen and oxygen atoms in total. The summed E-state index contributed by atoms with van der Waals surface area (Å²) in [6, 6.07) is 8.78. The van der Waals surface area contributed by atoms with E-state index in [9.17, 15) is 0 Å². The van der Waals surface area contributed by atoms with E-state index < -0.39 is 0 Å². The second-order valence-corrected chi connectivity index (χ2v) is 5.67. The van der Waals surface area contributed by atoms with Crippen molar-refractivity contribution in [2.75, 3.05) is 6.54 Å². The van der Waals surface area contributed by atoms with E-state index in [0.717, 1.165) is 6.42 Å². The molecular weight excluding hydrogens is 206 g/mol. The first kappa shape index (κ1) is 10.8. The number of benzene rings is 1. The van der Waals surface area contributed by atoms with Gasteiger partial charge in [0.15, 0.2) is 0 Å². The van der Waals surface area contributed by atoms with E-state index in [2.05, 4.69) is 56.3 Å². The first-order chi connectivity index (χ1) is 8.13. The fourth-order valence-corrected chi connectivity index (χ4v) is 3.66. The quantitative estimate of drug-likeness (QED) is 0.781. The van der Waals surface area contributed by atoms with Gasteiger partial charge >= 0.3 is 0 Å². The molecule has 0 aliphatic heterocycles. The summed E-state index contributed by atoms with van der Waals surface area (Å²) in [6.07, 6.45) is 7.73. The molecule has 2 N–H and O–H groups in total. The van der Waals surface area contributed by atoms with Crippen molar-refractivity contribution in [2.24, 2.45) is 5.73 Å². The third-order valence-electron chi connectivity index (χ3n) is 4.52. The third-order valence-corrected chi connectivity index (χ3v) is 4.52. The summed E-state index contributed by atoms with van der Waals surface area (Å²) < 4.78 is 0. The van der Waals surface area contributed by atoms with Crippen LogP contribution in [-0.4, -0.2) is 6.54 Å². The van der Waals surface area contributed by atoms with Crippen LogP contribution in [0.15, 0.2) is 48.1 Å². The molecular formula is C16H19N. The van der Waals surface area contributed by atoms with E-state index in [4.69, 9.17) is 5.73 Å². The Morgan fingerprint density at radius 3 is 2.59 bits per heavy atom. The van der Waals surface area contributed by atoms with E-state index >= 15 is 0 Å². The lowest BCUT2D eigenvalue weighted by atomic mass is 9.69. The molecule has 0 heterocycles. The van der Waals surface area contributed by atoms with Crippen molar-refractivity contribution >= 4 is 0 Å². The summed E-state index contributed by atoms with van der Waals surface area (Å²) in [5.74, 6) is 0. The number of hydrogen-bond acceptors (Lipinski definition) is 1. The van der Waals surface area contributed by atoms with Gasteiger partial charge in [0, 0.05) is 17.4 Å². The van der Waals surface area contributed by atoms with Crippen LogP contribution in [0.5, 0.6) is 0 Å². The highest BCUT2D eigenvalue weighted by atomic mass is 14.7. The first-order valence-electron chi connectivity index (χ1n) is 6.31. The highest BCUT2D eigenvalue weighted by Gasteiger charge is 2.50. The monoisotopic (exact) mass is 225 g/mol. The summed E-state index contributed by atoms with van der Waals surface area (Å²) in [7, 11) is 0. The van der Waals surface area contributed by atoms with Crippen LogP contribution in [0.3, 0.4) is 0 Å². The van der Waals surface area contributed by atoms with Crippen molar-refractivity contribution in [3.63, 3.8) is 0 Å². The average molecular weight is 225 g/mol. The molecule has 2 aliphatic carbocycles. The van der Waals surface area contributed by atoms with Crippen LogP contribution in [0.4, 0.5) is 0 Å². The fraction of sp³-hybridized carbons (Fsp3) is 0.375. The van der Waals surface area contributed by atoms with Gasteiger partial charge in [-0.05, 0) is 23.1 Å². The van der Waals surface area contributed by atoms with Crippen molar-refractivity contribution in [2.45, 2.75) is 31.1 Å². The predicted molar refractivity (Wildman–Crippen MR) is 72.0 cm³/mol. The topological polar surface area (TPSA) is 26.0 Å². The van der Waals surface area contributed by atoms with E-state index in [1.165, 1.54) is 16.7 Å². The van der Waals surface area contributed by atoms with Crippen LogP contribution in [0.25, 0.3) is 0 Å². The Balaban J connectivity index is 2.34. The third kappa shape index (κ3) is 1.18. The minimum absolute atomic E-state index is 0.0504. The SMILES string of the molecule is CC1(C)C2=CC=CCC2(CN)c2ccccc21. The van der Waals surface area contributed by atoms with E-state index in [1.54, 1.807) is 0 Å². The molecule has 0 spiro atoms. The first-order valence-corrected chi connectivity index (χ1v) is 6.31. The van der Waals surface area contributed by atoms with Crippen LogP contribution >= 0.6 is 0 Å². The Labute approximate surface area is 103 Å². The summed E-state index contributed by atoms with van der Waals surface area (Å²) in [4.78, 5) is 0. The lowest BCUT2D eigenvalue weighted by Crippen LogP contribution is -2.37. The predicted octanol–water partition coefficient (Wildman–Crippen LogP) is 3.06. The zero-order valence-corrected chi connectivity index (χ0v) is 10.5. The number of fused-ring (bicyclic) bond motifs is 3. The van der Waals surface area contributed by atoms with Gasteiger partial charge in [-0.15, -0.1) is 0 Å². The van der Waals surface area contributed by atoms with Crippen LogP contribution in [0, 0.1) is 0 Å². The van der Waals surface area contributed by atoms with Gasteiger partial charge < -0.3 is 5.73 Å². The Hall–Kier alpha value is -1.34. The number of hydrogen-bond donors (Lipinski definition) is 1. The minimum atomic E-state index is 0.0504. The Bertz CT molecular complexity index is 522. The van der Waals surface area contributed by atoms with Gasteiger partial charge in [0.05, 0.1) is 0 Å². The van der Waals surface area contributed by atoms with Crippen molar-refractivity contribution in [3.05, 3.63) is 59.2 Å². The second kappa shape index (κ2) is 3.33. The summed E-state index contributed by atoms with van der Waals surface area (Å²) in [6.45, 7) is 5.33. The molecule has 0 radical (unpaired) electrons. The van der Waals surface area contributed by atoms with Gasteiger partial charge in [0.1, 0.15) is 0 Å². The Morgan fingerprint density at radius 2 is 1.88 bits per heavy atom. The number of rotatable bonds is 1. The van der Waals surface area contributed by atoms with Crippen LogP contribution < -0.4 is 5.73 Å². The lowest BCUT2D eigenvalue weighted by Gasteiger charge is -2.35. The zero-order valence-electron chi connectivity index (χ0n) is 10.5. The normalized spacial score (nSPS) is 28.5. The molecule has 0 bridgehead atoms. The minimum Gasteiger partial charge on any atom is -0.329 e. The maximum absolute atomic E-state index is 6.14. The largest absolute Gasteiger partial charge is 0.329 e. The van der Waals surface area contributed by atoms with Crippen LogP contribution in [-0.2, 0) is 10.8 Å². The van der Waals surface area contributed by atoms with E-state index in [0.29, 0.717) is 6.54 Å². The molecule has 3 rings (SSSR count). The summed E-state index contributed by atoms with van der Waals surface area (Å²) >= 11 is 0. The molecule has 1 aromatic rings. The van der Waals surface area contributed by atoms with E-state index in [-0.39, 0.29) is 10.8 Å². The van der Waals surface area contributed by atoms with E-state index in [1.807, 2.05) is 0 Å². The zero-order chi connectivity index (χ0) is 12.1. The van der Waals surface area contributed by atoms with Gasteiger partial charge in [0.25, 0.3) is 0 Å². The maximum Gasteiger partial charge on any atom is 0.0333 e. The molecule has 0 fully saturated rings. The Morgan fingerprint density at radius 1 is 1.18 bits per heavy atom. The molecule has 0 saturated heterocycles. The second-order valence-electron chi connectivity index (χ2n) is 5.67. The maximum atomic E-state index is 6.14. The molecule has 0 saturated carbocycles. The molecule has 1 unspecified atom stereocenters. The van der Waals surface area contributed by atoms with Gasteiger partial charge in [0.2, 0.25) is 0 Å². The molecule has 1 heteroatoms. The molecule has 0 amide bonds. The molecule has 17 heavy (non-hydrogen) atoms. The highest BCUT2D eigenvalue weighted by molar-refractivity contribution is 5.60. The van der Waals surface area contributed by atoms with Crippen molar-refractivity contribution in [1.29, 1.82) is 0 Å². The Kier molecular flexibility index (Phi) is 2.11. The smallest absolute Gasteiger partial charge is 0.0333 e. The molecule has 88 valence electrons. The lowest BCUT2D eigenvalue weighted by molar-refractivity contribution is 0.482. The summed E-state index contributed by atoms with van der Waals surface area (Å²) in [5.41, 5.74) is 10.7. The van der Waals surface area contributed by atoms with Gasteiger partial charge in [-0.25, -0.2) is 0 Å². The van der Waals surface area contributed by atoms with Gasteiger partial charge in [-0.2, -0.15) is 0 Å². The molecule has 0 aromatic heterocycles. The van der Waals surface area contributed by atoms with Crippen LogP contribution in [0.1, 0.15) is 31.4 Å². The molecule has 1 aromatic carbocycles. The van der Waals surface area contributed by atoms with Crippen LogP contribution in [0.2, 0.25) is 0 Å². The standard InChI is InChI=1S/C16H19N/c1-15(2)12-7-3-4-8-13(12)16(11-17)10-6-5-9-14(15)16/h3-9H,10-11,17H2,1-2H3. The number of allylic oxidation sites excluding steroid dienone is 3. The van der Waals surface area contributed by atoms with Crippen molar-refractivity contribution < 1.29 is 0 Å². The number of nitrogens with two attached hydrogens (primary N) is 1. The summed E-state index contributed by atoms with van der Waals surface area (Å²) in [5, 5.41) is 0. The van der Waals surface area contributed by atoms with Crippen molar-refractivity contribution in [1.82, 2.24) is 0 Å². The average Bonchev–Trinajstić information content (AvgIpc) is 2.58. The fourth-order valence-electron chi connectivity index (χ4n) is 3.66. The highest BCUT2D eigenvalue weighted by Crippen LogP contribution is 2.55. The molecule has 1 atom stereocenters. The van der Waals surface area contributed by atoms with Crippen molar-refractivity contribution in [3.8, 4) is 0 Å².